The topological polar surface area (TPSA) is 104 Å². The van der Waals surface area contributed by atoms with Crippen LogP contribution in [-0.2, 0) is 0 Å². The van der Waals surface area contributed by atoms with Crippen molar-refractivity contribution in [3.05, 3.63) is 33.2 Å². The summed E-state index contributed by atoms with van der Waals surface area (Å²) >= 11 is 4.46. The first kappa shape index (κ1) is 14.4. The Morgan fingerprint density at radius 2 is 2.05 bits per heavy atom. The lowest BCUT2D eigenvalue weighted by molar-refractivity contribution is 0.0697. The van der Waals surface area contributed by atoms with Crippen LogP contribution in [0.4, 0.5) is 15.6 Å². The van der Waals surface area contributed by atoms with Crippen LogP contribution in [0, 0.1) is 6.92 Å². The number of carboxylic acids is 1. The monoisotopic (exact) mass is 356 g/mol. The SMILES string of the molecule is Cc1nnc(NC(=O)Nc2ccc(C(=O)O)cc2Br)s1. The summed E-state index contributed by atoms with van der Waals surface area (Å²) in [6.45, 7) is 1.78. The van der Waals surface area contributed by atoms with Crippen LogP contribution < -0.4 is 10.6 Å². The van der Waals surface area contributed by atoms with E-state index in [0.717, 1.165) is 5.01 Å². The molecule has 1 heterocycles. The molecule has 2 rings (SSSR count). The Bertz CT molecular complexity index is 673. The molecule has 104 valence electrons. The molecule has 0 spiro atoms. The van der Waals surface area contributed by atoms with Gasteiger partial charge in [0.15, 0.2) is 0 Å². The number of anilines is 2. The van der Waals surface area contributed by atoms with Gasteiger partial charge in [-0.2, -0.15) is 0 Å². The second-order valence-corrected chi connectivity index (χ2v) is 5.74. The Morgan fingerprint density at radius 3 is 2.60 bits per heavy atom. The molecule has 0 saturated carbocycles. The molecule has 2 amide bonds. The number of hydrogen-bond donors (Lipinski definition) is 3. The van der Waals surface area contributed by atoms with Crippen LogP contribution in [-0.4, -0.2) is 27.3 Å². The van der Waals surface area contributed by atoms with Crippen LogP contribution in [0.3, 0.4) is 0 Å². The minimum absolute atomic E-state index is 0.127. The molecular formula is C11H9BrN4O3S. The van der Waals surface area contributed by atoms with Crippen LogP contribution in [0.2, 0.25) is 0 Å². The van der Waals surface area contributed by atoms with E-state index in [1.54, 1.807) is 6.92 Å². The molecule has 0 fully saturated rings. The van der Waals surface area contributed by atoms with E-state index in [4.69, 9.17) is 5.11 Å². The van der Waals surface area contributed by atoms with Crippen molar-refractivity contribution in [3.63, 3.8) is 0 Å². The number of carboxylic acid groups (broad SMARTS) is 1. The second kappa shape index (κ2) is 5.97. The number of aromatic nitrogens is 2. The average molecular weight is 357 g/mol. The predicted molar refractivity (Wildman–Crippen MR) is 78.4 cm³/mol. The first-order chi connectivity index (χ1) is 9.45. The number of carbonyl (C=O) groups is 2. The standard InChI is InChI=1S/C11H9BrN4O3S/c1-5-15-16-11(20-5)14-10(19)13-8-3-2-6(9(17)18)4-7(8)12/h2-4H,1H3,(H,17,18)(H2,13,14,16,19). The van der Waals surface area contributed by atoms with Gasteiger partial charge in [0.1, 0.15) is 5.01 Å². The summed E-state index contributed by atoms with van der Waals surface area (Å²) in [5.74, 6) is -1.04. The fourth-order valence-corrected chi connectivity index (χ4v) is 2.41. The summed E-state index contributed by atoms with van der Waals surface area (Å²) in [6, 6.07) is 3.83. The van der Waals surface area contributed by atoms with Crippen LogP contribution in [0.1, 0.15) is 15.4 Å². The van der Waals surface area contributed by atoms with Gasteiger partial charge in [-0.25, -0.2) is 9.59 Å². The van der Waals surface area contributed by atoms with Crippen molar-refractivity contribution >= 4 is 50.1 Å². The van der Waals surface area contributed by atoms with E-state index in [9.17, 15) is 9.59 Å². The van der Waals surface area contributed by atoms with E-state index in [-0.39, 0.29) is 5.56 Å². The fourth-order valence-electron chi connectivity index (χ4n) is 1.35. The summed E-state index contributed by atoms with van der Waals surface area (Å²) in [5.41, 5.74) is 0.580. The number of benzene rings is 1. The molecular weight excluding hydrogens is 348 g/mol. The van der Waals surface area contributed by atoms with Crippen molar-refractivity contribution in [1.29, 1.82) is 0 Å². The number of aromatic carboxylic acids is 1. The van der Waals surface area contributed by atoms with Gasteiger partial charge >= 0.3 is 12.0 Å². The van der Waals surface area contributed by atoms with Crippen molar-refractivity contribution in [1.82, 2.24) is 10.2 Å². The highest BCUT2D eigenvalue weighted by atomic mass is 79.9. The molecule has 0 saturated heterocycles. The van der Waals surface area contributed by atoms with Gasteiger partial charge in [0, 0.05) is 4.47 Å². The third kappa shape index (κ3) is 3.52. The first-order valence-corrected chi connectivity index (χ1v) is 6.97. The third-order valence-corrected chi connectivity index (χ3v) is 3.62. The highest BCUT2D eigenvalue weighted by Crippen LogP contribution is 2.24. The molecule has 0 unspecified atom stereocenters. The average Bonchev–Trinajstić information content (AvgIpc) is 2.77. The number of nitrogens with zero attached hydrogens (tertiary/aromatic N) is 2. The Labute approximate surface area is 126 Å². The second-order valence-electron chi connectivity index (χ2n) is 3.71. The summed E-state index contributed by atoms with van der Waals surface area (Å²) < 4.78 is 0.473. The van der Waals surface area contributed by atoms with Crippen molar-refractivity contribution < 1.29 is 14.7 Å². The highest BCUT2D eigenvalue weighted by Gasteiger charge is 2.10. The predicted octanol–water partition coefficient (Wildman–Crippen LogP) is 2.95. The number of urea groups is 1. The van der Waals surface area contributed by atoms with E-state index in [2.05, 4.69) is 36.8 Å². The molecule has 0 aliphatic heterocycles. The largest absolute Gasteiger partial charge is 0.478 e. The van der Waals surface area contributed by atoms with Gasteiger partial charge in [-0.05, 0) is 41.1 Å². The number of rotatable bonds is 3. The van der Waals surface area contributed by atoms with Gasteiger partial charge in [0.25, 0.3) is 0 Å². The molecule has 0 atom stereocenters. The maximum Gasteiger partial charge on any atom is 0.335 e. The fraction of sp³-hybridized carbons (Fsp3) is 0.0909. The Balaban J connectivity index is 2.06. The Kier molecular flexibility index (Phi) is 4.30. The van der Waals surface area contributed by atoms with Gasteiger partial charge in [0.2, 0.25) is 5.13 Å². The van der Waals surface area contributed by atoms with Crippen LogP contribution in [0.5, 0.6) is 0 Å². The van der Waals surface area contributed by atoms with E-state index in [0.29, 0.717) is 15.3 Å². The Morgan fingerprint density at radius 1 is 1.30 bits per heavy atom. The number of aryl methyl sites for hydroxylation is 1. The lowest BCUT2D eigenvalue weighted by Crippen LogP contribution is -2.19. The van der Waals surface area contributed by atoms with Crippen LogP contribution in [0.25, 0.3) is 0 Å². The number of halogens is 1. The van der Waals surface area contributed by atoms with E-state index < -0.39 is 12.0 Å². The highest BCUT2D eigenvalue weighted by molar-refractivity contribution is 9.10. The summed E-state index contributed by atoms with van der Waals surface area (Å²) in [5, 5.41) is 22.6. The molecule has 7 nitrogen and oxygen atoms in total. The van der Waals surface area contributed by atoms with Gasteiger partial charge in [-0.3, -0.25) is 5.32 Å². The number of nitrogens with one attached hydrogen (secondary N) is 2. The van der Waals surface area contributed by atoms with Crippen molar-refractivity contribution in [2.45, 2.75) is 6.92 Å². The molecule has 0 aliphatic carbocycles. The lowest BCUT2D eigenvalue weighted by atomic mass is 10.2. The maximum atomic E-state index is 11.7. The van der Waals surface area contributed by atoms with Crippen LogP contribution >= 0.6 is 27.3 Å². The zero-order chi connectivity index (χ0) is 14.7. The van der Waals surface area contributed by atoms with E-state index in [1.807, 2.05) is 0 Å². The molecule has 20 heavy (non-hydrogen) atoms. The van der Waals surface area contributed by atoms with Crippen molar-refractivity contribution in [2.75, 3.05) is 10.6 Å². The molecule has 0 bridgehead atoms. The molecule has 1 aromatic carbocycles. The first-order valence-electron chi connectivity index (χ1n) is 5.36. The normalized spacial score (nSPS) is 10.1. The third-order valence-electron chi connectivity index (χ3n) is 2.21. The minimum Gasteiger partial charge on any atom is -0.478 e. The smallest absolute Gasteiger partial charge is 0.335 e. The van der Waals surface area contributed by atoms with E-state index in [1.165, 1.54) is 29.5 Å². The Hall–Kier alpha value is -2.00. The summed E-state index contributed by atoms with van der Waals surface area (Å²) in [6.07, 6.45) is 0. The molecule has 0 aliphatic rings. The summed E-state index contributed by atoms with van der Waals surface area (Å²) in [7, 11) is 0. The summed E-state index contributed by atoms with van der Waals surface area (Å²) in [4.78, 5) is 22.5. The number of hydrogen-bond acceptors (Lipinski definition) is 5. The molecule has 2 aromatic rings. The molecule has 1 aromatic heterocycles. The number of carbonyl (C=O) groups excluding carboxylic acids is 1. The minimum atomic E-state index is -1.04. The quantitative estimate of drug-likeness (QED) is 0.784. The van der Waals surface area contributed by atoms with Crippen molar-refractivity contribution in [2.24, 2.45) is 0 Å². The van der Waals surface area contributed by atoms with E-state index >= 15 is 0 Å². The van der Waals surface area contributed by atoms with Gasteiger partial charge in [-0.15, -0.1) is 10.2 Å². The van der Waals surface area contributed by atoms with Crippen molar-refractivity contribution in [3.8, 4) is 0 Å². The maximum absolute atomic E-state index is 11.7. The zero-order valence-electron chi connectivity index (χ0n) is 10.2. The van der Waals surface area contributed by atoms with Gasteiger partial charge < -0.3 is 10.4 Å². The van der Waals surface area contributed by atoms with Gasteiger partial charge in [-0.1, -0.05) is 11.3 Å². The molecule has 3 N–H and O–H groups in total. The molecule has 9 heteroatoms. The van der Waals surface area contributed by atoms with Crippen LogP contribution in [0.15, 0.2) is 22.7 Å². The number of amides is 2. The zero-order valence-corrected chi connectivity index (χ0v) is 12.6. The van der Waals surface area contributed by atoms with Gasteiger partial charge in [0.05, 0.1) is 11.3 Å². The lowest BCUT2D eigenvalue weighted by Gasteiger charge is -2.07. The molecule has 0 radical (unpaired) electrons.